The Morgan fingerprint density at radius 1 is 1.50 bits per heavy atom. The number of carbonyl (C=O) groups is 2. The molecule has 0 saturated carbocycles. The highest BCUT2D eigenvalue weighted by molar-refractivity contribution is 5.88. The minimum atomic E-state index is -0.634. The third-order valence-electron chi connectivity index (χ3n) is 1.41. The highest BCUT2D eigenvalue weighted by Gasteiger charge is 1.95. The topological polar surface area (TPSA) is 72.2 Å². The Morgan fingerprint density at radius 2 is 2.29 bits per heavy atom. The maximum absolute atomic E-state index is 10.5. The first-order valence-corrected chi connectivity index (χ1v) is 3.84. The molecule has 4 heteroatoms. The van der Waals surface area contributed by atoms with Gasteiger partial charge in [-0.3, -0.25) is 4.79 Å². The summed E-state index contributed by atoms with van der Waals surface area (Å²) in [5, 5.41) is 2.40. The molecule has 1 rings (SSSR count). The molecule has 0 aromatic heterocycles. The summed E-state index contributed by atoms with van der Waals surface area (Å²) in [6.45, 7) is 0. The van der Waals surface area contributed by atoms with Crippen molar-refractivity contribution in [1.29, 1.82) is 0 Å². The van der Waals surface area contributed by atoms with Gasteiger partial charge >= 0.3 is 6.03 Å². The molecule has 0 unspecified atom stereocenters. The second-order valence-corrected chi connectivity index (χ2v) is 2.46. The van der Waals surface area contributed by atoms with Crippen LogP contribution in [0, 0.1) is 11.8 Å². The molecule has 0 aliphatic rings. The summed E-state index contributed by atoms with van der Waals surface area (Å²) in [5.41, 5.74) is 6.13. The van der Waals surface area contributed by atoms with Gasteiger partial charge in [-0.1, -0.05) is 12.0 Å². The lowest BCUT2D eigenvalue weighted by atomic mass is 10.2. The summed E-state index contributed by atoms with van der Waals surface area (Å²) in [7, 11) is 0. The largest absolute Gasteiger partial charge is 0.351 e. The predicted octanol–water partition coefficient (Wildman–Crippen LogP) is 0.728. The van der Waals surface area contributed by atoms with Gasteiger partial charge in [0.05, 0.1) is 0 Å². The zero-order chi connectivity index (χ0) is 10.4. The number of primary amides is 1. The van der Waals surface area contributed by atoms with Gasteiger partial charge in [-0.15, -0.1) is 0 Å². The molecule has 1 aromatic rings. The Morgan fingerprint density at radius 3 is 2.93 bits per heavy atom. The number of nitrogens with two attached hydrogens (primary N) is 1. The zero-order valence-electron chi connectivity index (χ0n) is 7.28. The van der Waals surface area contributed by atoms with Crippen molar-refractivity contribution >= 4 is 18.0 Å². The van der Waals surface area contributed by atoms with Crippen LogP contribution >= 0.6 is 0 Å². The van der Waals surface area contributed by atoms with Gasteiger partial charge in [-0.05, 0) is 24.1 Å². The maximum atomic E-state index is 10.5. The second-order valence-electron chi connectivity index (χ2n) is 2.46. The van der Waals surface area contributed by atoms with E-state index in [2.05, 4.69) is 17.2 Å². The van der Waals surface area contributed by atoms with Crippen molar-refractivity contribution in [2.45, 2.75) is 0 Å². The van der Waals surface area contributed by atoms with Gasteiger partial charge < -0.3 is 11.1 Å². The quantitative estimate of drug-likeness (QED) is 0.503. The second kappa shape index (κ2) is 4.67. The van der Waals surface area contributed by atoms with Crippen LogP contribution in [0.1, 0.15) is 5.56 Å². The number of hydrogen-bond donors (Lipinski definition) is 2. The normalized spacial score (nSPS) is 8.29. The lowest BCUT2D eigenvalue weighted by Crippen LogP contribution is -2.19. The van der Waals surface area contributed by atoms with Gasteiger partial charge in [0.1, 0.15) is 0 Å². The Bertz CT molecular complexity index is 416. The van der Waals surface area contributed by atoms with E-state index in [9.17, 15) is 9.59 Å². The van der Waals surface area contributed by atoms with E-state index in [0.29, 0.717) is 17.5 Å². The summed E-state index contributed by atoms with van der Waals surface area (Å²) < 4.78 is 0. The number of nitrogens with one attached hydrogen (secondary N) is 1. The number of benzene rings is 1. The molecule has 0 aliphatic carbocycles. The maximum Gasteiger partial charge on any atom is 0.316 e. The highest BCUT2D eigenvalue weighted by atomic mass is 16.2. The molecule has 0 heterocycles. The van der Waals surface area contributed by atoms with E-state index in [-0.39, 0.29) is 0 Å². The molecule has 1 aromatic carbocycles. The number of hydrogen-bond acceptors (Lipinski definition) is 2. The predicted molar refractivity (Wildman–Crippen MR) is 52.6 cm³/mol. The summed E-state index contributed by atoms with van der Waals surface area (Å²) in [4.78, 5) is 20.5. The van der Waals surface area contributed by atoms with Crippen molar-refractivity contribution < 1.29 is 9.59 Å². The van der Waals surface area contributed by atoms with Crippen molar-refractivity contribution in [3.63, 3.8) is 0 Å². The standard InChI is InChI=1S/C10H8N2O2/c11-10(14)12-9-5-1-3-8(7-9)4-2-6-13/h1,3,5-7H,(H3,11,12,14). The zero-order valence-corrected chi connectivity index (χ0v) is 7.28. The van der Waals surface area contributed by atoms with Crippen LogP contribution in [-0.2, 0) is 4.79 Å². The number of rotatable bonds is 1. The van der Waals surface area contributed by atoms with Gasteiger partial charge in [0.15, 0.2) is 6.29 Å². The molecule has 0 bridgehead atoms. The van der Waals surface area contributed by atoms with E-state index in [0.717, 1.165) is 0 Å². The minimum Gasteiger partial charge on any atom is -0.351 e. The van der Waals surface area contributed by atoms with Crippen LogP contribution in [0.15, 0.2) is 24.3 Å². The molecule has 0 aliphatic heterocycles. The van der Waals surface area contributed by atoms with Crippen LogP contribution in [0.3, 0.4) is 0 Å². The fraction of sp³-hybridized carbons (Fsp3) is 0. The Balaban J connectivity index is 2.89. The average molecular weight is 188 g/mol. The van der Waals surface area contributed by atoms with Gasteiger partial charge in [0.25, 0.3) is 0 Å². The molecule has 0 atom stereocenters. The molecule has 70 valence electrons. The molecule has 0 spiro atoms. The Hall–Kier alpha value is -2.28. The van der Waals surface area contributed by atoms with Crippen molar-refractivity contribution in [1.82, 2.24) is 0 Å². The molecular weight excluding hydrogens is 180 g/mol. The first-order valence-electron chi connectivity index (χ1n) is 3.84. The van der Waals surface area contributed by atoms with Gasteiger partial charge in [-0.2, -0.15) is 0 Å². The van der Waals surface area contributed by atoms with Crippen LogP contribution in [-0.4, -0.2) is 12.3 Å². The van der Waals surface area contributed by atoms with Crippen LogP contribution < -0.4 is 11.1 Å². The van der Waals surface area contributed by atoms with E-state index < -0.39 is 6.03 Å². The van der Waals surface area contributed by atoms with Gasteiger partial charge in [0, 0.05) is 11.3 Å². The molecule has 14 heavy (non-hydrogen) atoms. The third kappa shape index (κ3) is 2.99. The summed E-state index contributed by atoms with van der Waals surface area (Å²) in [5.74, 6) is 4.87. The SMILES string of the molecule is NC(=O)Nc1cccc(C#CC=O)c1. The molecule has 2 amide bonds. The van der Waals surface area contributed by atoms with E-state index in [1.165, 1.54) is 0 Å². The summed E-state index contributed by atoms with van der Waals surface area (Å²) >= 11 is 0. The molecule has 3 N–H and O–H groups in total. The smallest absolute Gasteiger partial charge is 0.316 e. The van der Waals surface area contributed by atoms with Crippen LogP contribution in [0.2, 0.25) is 0 Å². The molecule has 0 radical (unpaired) electrons. The molecule has 0 fully saturated rings. The number of carbonyl (C=O) groups excluding carboxylic acids is 2. The van der Waals surface area contributed by atoms with Gasteiger partial charge in [-0.25, -0.2) is 4.79 Å². The monoisotopic (exact) mass is 188 g/mol. The Labute approximate surface area is 81.1 Å². The number of anilines is 1. The van der Waals surface area contributed by atoms with E-state index >= 15 is 0 Å². The number of urea groups is 1. The van der Waals surface area contributed by atoms with Gasteiger partial charge in [0.2, 0.25) is 0 Å². The van der Waals surface area contributed by atoms with Crippen molar-refractivity contribution in [3.05, 3.63) is 29.8 Å². The lowest BCUT2D eigenvalue weighted by Gasteiger charge is -2.00. The first-order chi connectivity index (χ1) is 6.72. The fourth-order valence-corrected chi connectivity index (χ4v) is 0.930. The van der Waals surface area contributed by atoms with Crippen molar-refractivity contribution in [2.24, 2.45) is 5.73 Å². The fourth-order valence-electron chi connectivity index (χ4n) is 0.930. The van der Waals surface area contributed by atoms with E-state index in [1.54, 1.807) is 24.3 Å². The van der Waals surface area contributed by atoms with Crippen molar-refractivity contribution in [3.8, 4) is 11.8 Å². The third-order valence-corrected chi connectivity index (χ3v) is 1.41. The number of aldehydes is 1. The molecule has 4 nitrogen and oxygen atoms in total. The molecule has 0 saturated heterocycles. The first kappa shape index (κ1) is 9.81. The van der Waals surface area contributed by atoms with Crippen LogP contribution in [0.5, 0.6) is 0 Å². The van der Waals surface area contributed by atoms with Crippen molar-refractivity contribution in [2.75, 3.05) is 5.32 Å². The summed E-state index contributed by atoms with van der Waals surface area (Å²) in [6.07, 6.45) is 0.508. The minimum absolute atomic E-state index is 0.508. The van der Waals surface area contributed by atoms with E-state index in [1.807, 2.05) is 0 Å². The highest BCUT2D eigenvalue weighted by Crippen LogP contribution is 2.08. The lowest BCUT2D eigenvalue weighted by molar-refractivity contribution is -0.103. The molecular formula is C10H8N2O2. The van der Waals surface area contributed by atoms with Crippen LogP contribution in [0.25, 0.3) is 0 Å². The van der Waals surface area contributed by atoms with E-state index in [4.69, 9.17) is 5.73 Å². The van der Waals surface area contributed by atoms with Crippen LogP contribution in [0.4, 0.5) is 10.5 Å². The Kier molecular flexibility index (Phi) is 3.27. The summed E-state index contributed by atoms with van der Waals surface area (Å²) in [6, 6.07) is 6.10. The number of amides is 2. The average Bonchev–Trinajstić information content (AvgIpc) is 2.14.